The number of aryl methyl sites for hydroxylation is 1. The first kappa shape index (κ1) is 27.0. The van der Waals surface area contributed by atoms with Gasteiger partial charge in [0, 0.05) is 11.6 Å². The molecule has 0 fully saturated rings. The zero-order chi connectivity index (χ0) is 25.8. The number of alkyl halides is 3. The smallest absolute Gasteiger partial charge is 0.394 e. The molecular weight excluding hydrogens is 497 g/mol. The monoisotopic (exact) mass is 524 g/mol. The second-order valence-electron chi connectivity index (χ2n) is 9.35. The van der Waals surface area contributed by atoms with Crippen LogP contribution in [-0.4, -0.2) is 29.3 Å². The highest BCUT2D eigenvalue weighted by Gasteiger charge is 2.32. The van der Waals surface area contributed by atoms with Crippen molar-refractivity contribution in [1.29, 1.82) is 0 Å². The first-order chi connectivity index (χ1) is 16.3. The summed E-state index contributed by atoms with van der Waals surface area (Å²) in [6.45, 7) is 7.37. The number of benzene rings is 2. The van der Waals surface area contributed by atoms with Gasteiger partial charge in [-0.05, 0) is 56.9 Å². The van der Waals surface area contributed by atoms with Crippen LogP contribution in [-0.2, 0) is 22.4 Å². The molecule has 2 aromatic carbocycles. The molecule has 0 amide bonds. The van der Waals surface area contributed by atoms with E-state index in [0.717, 1.165) is 22.5 Å². The average molecular weight is 525 g/mol. The van der Waals surface area contributed by atoms with E-state index in [0.29, 0.717) is 27.0 Å². The number of carbonyl (C=O) groups excluding carboxylic acids is 1. The second kappa shape index (κ2) is 11.0. The van der Waals surface area contributed by atoms with Crippen LogP contribution in [0.2, 0.25) is 5.02 Å². The van der Waals surface area contributed by atoms with Gasteiger partial charge in [0.05, 0.1) is 22.9 Å². The number of hydrogen-bond donors (Lipinski definition) is 1. The van der Waals surface area contributed by atoms with Crippen molar-refractivity contribution in [2.45, 2.75) is 52.3 Å². The molecule has 0 spiro atoms. The van der Waals surface area contributed by atoms with Crippen LogP contribution >= 0.6 is 22.9 Å². The molecule has 0 bridgehead atoms. The number of esters is 1. The number of thiazole rings is 1. The number of nitrogens with zero attached hydrogens (tertiary/aromatic N) is 1. The summed E-state index contributed by atoms with van der Waals surface area (Å²) >= 11 is 7.33. The minimum absolute atomic E-state index is 0.0817. The van der Waals surface area contributed by atoms with Crippen molar-refractivity contribution in [1.82, 2.24) is 4.98 Å². The van der Waals surface area contributed by atoms with Gasteiger partial charge in [0.2, 0.25) is 0 Å². The van der Waals surface area contributed by atoms with E-state index >= 15 is 0 Å². The number of halogens is 4. The van der Waals surface area contributed by atoms with Gasteiger partial charge in [-0.1, -0.05) is 65.4 Å². The molecule has 1 N–H and O–H groups in total. The predicted octanol–water partition coefficient (Wildman–Crippen LogP) is 7.49. The molecule has 35 heavy (non-hydrogen) atoms. The van der Waals surface area contributed by atoms with Crippen LogP contribution in [0.4, 0.5) is 18.3 Å². The lowest BCUT2D eigenvalue weighted by Crippen LogP contribution is -2.33. The van der Waals surface area contributed by atoms with Crippen molar-refractivity contribution in [2.24, 2.45) is 5.92 Å². The third-order valence-electron chi connectivity index (χ3n) is 5.06. The zero-order valence-corrected chi connectivity index (χ0v) is 21.6. The highest BCUT2D eigenvalue weighted by atomic mass is 35.5. The van der Waals surface area contributed by atoms with Crippen molar-refractivity contribution in [3.63, 3.8) is 0 Å². The summed E-state index contributed by atoms with van der Waals surface area (Å²) in [4.78, 5) is 17.5. The van der Waals surface area contributed by atoms with Gasteiger partial charge in [0.1, 0.15) is 5.60 Å². The van der Waals surface area contributed by atoms with Gasteiger partial charge in [0.25, 0.3) is 0 Å². The SMILES string of the molecule is Cc1ccc(-c2sc(NCC(Cc3ccccc3)C(=O)OC(C)(C)C)nc2CC(F)(F)F)cc1Cl. The molecular formula is C26H28ClF3N2O2S. The molecule has 3 aromatic rings. The maximum atomic E-state index is 13.3. The summed E-state index contributed by atoms with van der Waals surface area (Å²) in [5, 5.41) is 3.85. The zero-order valence-electron chi connectivity index (χ0n) is 20.0. The molecule has 4 nitrogen and oxygen atoms in total. The minimum Gasteiger partial charge on any atom is -0.460 e. The Balaban J connectivity index is 1.86. The minimum atomic E-state index is -4.42. The molecule has 0 aliphatic carbocycles. The summed E-state index contributed by atoms with van der Waals surface area (Å²) in [6.07, 6.45) is -5.16. The van der Waals surface area contributed by atoms with Crippen molar-refractivity contribution in [3.05, 3.63) is 70.4 Å². The summed E-state index contributed by atoms with van der Waals surface area (Å²) in [7, 11) is 0. The molecule has 0 aliphatic heterocycles. The highest BCUT2D eigenvalue weighted by Crippen LogP contribution is 2.38. The van der Waals surface area contributed by atoms with Crippen molar-refractivity contribution < 1.29 is 22.7 Å². The summed E-state index contributed by atoms with van der Waals surface area (Å²) in [6, 6.07) is 14.6. The van der Waals surface area contributed by atoms with E-state index in [2.05, 4.69) is 10.3 Å². The van der Waals surface area contributed by atoms with Crippen LogP contribution in [0.25, 0.3) is 10.4 Å². The average Bonchev–Trinajstić information content (AvgIpc) is 3.13. The van der Waals surface area contributed by atoms with Crippen LogP contribution in [0.3, 0.4) is 0 Å². The lowest BCUT2D eigenvalue weighted by Gasteiger charge is -2.24. The fraction of sp³-hybridized carbons (Fsp3) is 0.385. The van der Waals surface area contributed by atoms with Gasteiger partial charge in [-0.2, -0.15) is 13.2 Å². The van der Waals surface area contributed by atoms with E-state index in [-0.39, 0.29) is 18.2 Å². The molecule has 1 unspecified atom stereocenters. The number of nitrogens with one attached hydrogen (secondary N) is 1. The fourth-order valence-corrected chi connectivity index (χ4v) is 4.60. The Morgan fingerprint density at radius 2 is 1.83 bits per heavy atom. The maximum absolute atomic E-state index is 13.3. The van der Waals surface area contributed by atoms with Gasteiger partial charge < -0.3 is 10.1 Å². The third kappa shape index (κ3) is 8.25. The van der Waals surface area contributed by atoms with Gasteiger partial charge >= 0.3 is 12.1 Å². The van der Waals surface area contributed by atoms with Gasteiger partial charge in [-0.25, -0.2) is 4.98 Å². The van der Waals surface area contributed by atoms with E-state index < -0.39 is 24.1 Å². The Bertz CT molecular complexity index is 1160. The number of hydrogen-bond acceptors (Lipinski definition) is 5. The molecule has 1 atom stereocenters. The number of ether oxygens (including phenoxy) is 1. The predicted molar refractivity (Wildman–Crippen MR) is 135 cm³/mol. The van der Waals surface area contributed by atoms with E-state index in [1.807, 2.05) is 37.3 Å². The molecule has 0 aliphatic rings. The van der Waals surface area contributed by atoms with Crippen LogP contribution in [0.5, 0.6) is 0 Å². The highest BCUT2D eigenvalue weighted by molar-refractivity contribution is 7.19. The van der Waals surface area contributed by atoms with Gasteiger partial charge in [-0.15, -0.1) is 0 Å². The molecule has 3 rings (SSSR count). The molecule has 1 heterocycles. The Kier molecular flexibility index (Phi) is 8.49. The maximum Gasteiger partial charge on any atom is 0.394 e. The van der Waals surface area contributed by atoms with Crippen LogP contribution < -0.4 is 5.32 Å². The molecule has 1 aromatic heterocycles. The lowest BCUT2D eigenvalue weighted by molar-refractivity contribution is -0.159. The molecule has 188 valence electrons. The number of rotatable bonds is 8. The first-order valence-corrected chi connectivity index (χ1v) is 12.3. The fourth-order valence-electron chi connectivity index (χ4n) is 3.43. The second-order valence-corrected chi connectivity index (χ2v) is 10.8. The number of carbonyl (C=O) groups is 1. The Morgan fingerprint density at radius 3 is 2.43 bits per heavy atom. The molecule has 0 saturated carbocycles. The topological polar surface area (TPSA) is 51.2 Å². The van der Waals surface area contributed by atoms with Crippen LogP contribution in [0.15, 0.2) is 48.5 Å². The Hall–Kier alpha value is -2.58. The van der Waals surface area contributed by atoms with Gasteiger partial charge in [-0.3, -0.25) is 4.79 Å². The van der Waals surface area contributed by atoms with Crippen molar-refractivity contribution in [3.8, 4) is 10.4 Å². The van der Waals surface area contributed by atoms with Crippen LogP contribution in [0.1, 0.15) is 37.6 Å². The Morgan fingerprint density at radius 1 is 1.14 bits per heavy atom. The number of anilines is 1. The van der Waals surface area contributed by atoms with E-state index in [4.69, 9.17) is 16.3 Å². The standard InChI is InChI=1S/C26H28ClF3N2O2S/c1-16-10-11-18(13-20(16)27)22-21(14-26(28,29)30)32-24(35-22)31-15-19(23(33)34-25(2,3)4)12-17-8-6-5-7-9-17/h5-11,13,19H,12,14-15H2,1-4H3,(H,31,32). The van der Waals surface area contributed by atoms with Gasteiger partial charge in [0.15, 0.2) is 5.13 Å². The van der Waals surface area contributed by atoms with E-state index in [1.165, 1.54) is 0 Å². The van der Waals surface area contributed by atoms with Crippen LogP contribution in [0, 0.1) is 12.8 Å². The molecule has 0 radical (unpaired) electrons. The van der Waals surface area contributed by atoms with E-state index in [1.54, 1.807) is 39.0 Å². The summed E-state index contributed by atoms with van der Waals surface area (Å²) in [5.74, 6) is -0.935. The third-order valence-corrected chi connectivity index (χ3v) is 6.58. The molecule has 9 heteroatoms. The quantitative estimate of drug-likeness (QED) is 0.310. The lowest BCUT2D eigenvalue weighted by atomic mass is 9.99. The van der Waals surface area contributed by atoms with Crippen molar-refractivity contribution >= 4 is 34.0 Å². The summed E-state index contributed by atoms with van der Waals surface area (Å²) < 4.78 is 45.4. The number of aromatic nitrogens is 1. The van der Waals surface area contributed by atoms with E-state index in [9.17, 15) is 18.0 Å². The Labute approximate surface area is 212 Å². The molecule has 0 saturated heterocycles. The summed E-state index contributed by atoms with van der Waals surface area (Å²) in [5.41, 5.74) is 1.61. The first-order valence-electron chi connectivity index (χ1n) is 11.1. The van der Waals surface area contributed by atoms with Crippen molar-refractivity contribution in [2.75, 3.05) is 11.9 Å². The normalized spacial score (nSPS) is 12.9. The largest absolute Gasteiger partial charge is 0.460 e.